The molecule has 1 heterocycles. The fourth-order valence-corrected chi connectivity index (χ4v) is 3.11. The van der Waals surface area contributed by atoms with Gasteiger partial charge in [-0.3, -0.25) is 9.69 Å². The Morgan fingerprint density at radius 1 is 1.22 bits per heavy atom. The van der Waals surface area contributed by atoms with Crippen molar-refractivity contribution in [2.24, 2.45) is 0 Å². The number of hydrogen-bond acceptors (Lipinski definition) is 5. The Bertz CT molecular complexity index is 818. The third-order valence-corrected chi connectivity index (χ3v) is 4.41. The van der Waals surface area contributed by atoms with E-state index in [0.717, 1.165) is 32.8 Å². The topological polar surface area (TPSA) is 58.1 Å². The minimum atomic E-state index is -0.0647. The number of nitrogens with one attached hydrogen (secondary N) is 1. The van der Waals surface area contributed by atoms with Crippen LogP contribution in [0.25, 0.3) is 11.0 Å². The van der Waals surface area contributed by atoms with Gasteiger partial charge in [0.2, 0.25) is 5.91 Å². The van der Waals surface area contributed by atoms with Gasteiger partial charge in [-0.25, -0.2) is 0 Å². The van der Waals surface area contributed by atoms with Crippen LogP contribution >= 0.6 is 27.7 Å². The van der Waals surface area contributed by atoms with Crippen molar-refractivity contribution in [2.75, 3.05) is 18.9 Å². The summed E-state index contributed by atoms with van der Waals surface area (Å²) < 4.78 is 9.45. The van der Waals surface area contributed by atoms with Crippen molar-refractivity contribution in [1.29, 1.82) is 0 Å². The molecule has 0 atom stereocenters. The largest absolute Gasteiger partial charge is 0.323 e. The molecule has 0 aliphatic heterocycles. The molecule has 0 spiro atoms. The van der Waals surface area contributed by atoms with E-state index in [-0.39, 0.29) is 5.91 Å². The highest BCUT2D eigenvalue weighted by molar-refractivity contribution is 9.10. The summed E-state index contributed by atoms with van der Waals surface area (Å²) >= 11 is 4.56. The summed E-state index contributed by atoms with van der Waals surface area (Å²) in [5, 5.41) is 2.91. The molecule has 0 saturated carbocycles. The van der Waals surface area contributed by atoms with Gasteiger partial charge in [0.15, 0.2) is 0 Å². The van der Waals surface area contributed by atoms with E-state index < -0.39 is 0 Å². The van der Waals surface area contributed by atoms with Gasteiger partial charge in [-0.2, -0.15) is 8.75 Å². The number of rotatable bonds is 5. The number of amides is 1. The maximum atomic E-state index is 12.2. The van der Waals surface area contributed by atoms with Gasteiger partial charge in [-0.1, -0.05) is 34.1 Å². The van der Waals surface area contributed by atoms with Crippen molar-refractivity contribution in [3.63, 3.8) is 0 Å². The second-order valence-corrected chi connectivity index (χ2v) is 6.73. The van der Waals surface area contributed by atoms with Gasteiger partial charge >= 0.3 is 0 Å². The number of carbonyl (C=O) groups excluding carboxylic acids is 1. The van der Waals surface area contributed by atoms with E-state index in [1.807, 2.05) is 54.4 Å². The number of halogens is 1. The van der Waals surface area contributed by atoms with Gasteiger partial charge in [-0.15, -0.1) is 0 Å². The summed E-state index contributed by atoms with van der Waals surface area (Å²) in [6.07, 6.45) is 0. The summed E-state index contributed by atoms with van der Waals surface area (Å²) in [4.78, 5) is 14.2. The standard InChI is InChI=1S/C16H15BrN4OS/c1-21(9-11-5-7-12(17)8-6-11)10-15(22)18-13-3-2-4-14-16(13)20-23-19-14/h2-8H,9-10H2,1H3,(H,18,22). The molecule has 5 nitrogen and oxygen atoms in total. The quantitative estimate of drug-likeness (QED) is 0.723. The number of carbonyl (C=O) groups is 1. The lowest BCUT2D eigenvalue weighted by Crippen LogP contribution is -2.29. The lowest BCUT2D eigenvalue weighted by molar-refractivity contribution is -0.117. The van der Waals surface area contributed by atoms with Crippen LogP contribution in [-0.2, 0) is 11.3 Å². The maximum absolute atomic E-state index is 12.2. The molecule has 3 aromatic rings. The molecular formula is C16H15BrN4OS. The van der Waals surface area contributed by atoms with Gasteiger partial charge < -0.3 is 5.32 Å². The molecular weight excluding hydrogens is 376 g/mol. The number of fused-ring (bicyclic) bond motifs is 1. The van der Waals surface area contributed by atoms with Crippen molar-refractivity contribution in [2.45, 2.75) is 6.54 Å². The first-order valence-electron chi connectivity index (χ1n) is 7.06. The van der Waals surface area contributed by atoms with E-state index in [9.17, 15) is 4.79 Å². The molecule has 0 unspecified atom stereocenters. The van der Waals surface area contributed by atoms with Crippen LogP contribution in [-0.4, -0.2) is 33.1 Å². The fraction of sp³-hybridized carbons (Fsp3) is 0.188. The zero-order valence-electron chi connectivity index (χ0n) is 12.5. The first-order chi connectivity index (χ1) is 11.1. The van der Waals surface area contributed by atoms with Crippen LogP contribution in [0, 0.1) is 0 Å². The van der Waals surface area contributed by atoms with Gasteiger partial charge in [-0.05, 0) is 36.9 Å². The SMILES string of the molecule is CN(CC(=O)Nc1cccc2nsnc12)Cc1ccc(Br)cc1. The number of likely N-dealkylation sites (N-methyl/N-ethyl adjacent to an activating group) is 1. The van der Waals surface area contributed by atoms with Crippen molar-refractivity contribution in [3.05, 3.63) is 52.5 Å². The van der Waals surface area contributed by atoms with E-state index >= 15 is 0 Å². The Kier molecular flexibility index (Phi) is 5.00. The van der Waals surface area contributed by atoms with Crippen molar-refractivity contribution in [3.8, 4) is 0 Å². The van der Waals surface area contributed by atoms with Crippen LogP contribution in [0.1, 0.15) is 5.56 Å². The molecule has 1 N–H and O–H groups in total. The Morgan fingerprint density at radius 3 is 2.78 bits per heavy atom. The van der Waals surface area contributed by atoms with E-state index in [1.54, 1.807) is 0 Å². The second-order valence-electron chi connectivity index (χ2n) is 5.28. The highest BCUT2D eigenvalue weighted by Crippen LogP contribution is 2.21. The third-order valence-electron chi connectivity index (χ3n) is 3.34. The maximum Gasteiger partial charge on any atom is 0.238 e. The Labute approximate surface area is 146 Å². The summed E-state index contributed by atoms with van der Waals surface area (Å²) in [5.74, 6) is -0.0647. The number of hydrogen-bond donors (Lipinski definition) is 1. The lowest BCUT2D eigenvalue weighted by atomic mass is 10.2. The lowest BCUT2D eigenvalue weighted by Gasteiger charge is -2.16. The van der Waals surface area contributed by atoms with Crippen LogP contribution in [0.3, 0.4) is 0 Å². The summed E-state index contributed by atoms with van der Waals surface area (Å²) in [5.41, 5.74) is 3.41. The first-order valence-corrected chi connectivity index (χ1v) is 8.58. The van der Waals surface area contributed by atoms with Crippen molar-refractivity contribution in [1.82, 2.24) is 13.6 Å². The summed E-state index contributed by atoms with van der Waals surface area (Å²) in [6.45, 7) is 1.02. The second kappa shape index (κ2) is 7.16. The molecule has 0 aliphatic rings. The molecule has 3 rings (SSSR count). The number of benzene rings is 2. The van der Waals surface area contributed by atoms with Gasteiger partial charge in [0.05, 0.1) is 24.0 Å². The van der Waals surface area contributed by atoms with Crippen molar-refractivity contribution < 1.29 is 4.79 Å². The van der Waals surface area contributed by atoms with Crippen molar-refractivity contribution >= 4 is 50.3 Å². The third kappa shape index (κ3) is 4.13. The zero-order valence-corrected chi connectivity index (χ0v) is 14.9. The van der Waals surface area contributed by atoms with Crippen LogP contribution in [0.4, 0.5) is 5.69 Å². The fourth-order valence-electron chi connectivity index (χ4n) is 2.30. The average molecular weight is 391 g/mol. The normalized spacial score (nSPS) is 11.1. The average Bonchev–Trinajstić information content (AvgIpc) is 2.99. The van der Waals surface area contributed by atoms with E-state index in [0.29, 0.717) is 18.8 Å². The molecule has 0 bridgehead atoms. The minimum Gasteiger partial charge on any atom is -0.323 e. The molecule has 0 fully saturated rings. The molecule has 1 aromatic heterocycles. The minimum absolute atomic E-state index is 0.0647. The monoisotopic (exact) mass is 390 g/mol. The Hall–Kier alpha value is -1.83. The molecule has 0 aliphatic carbocycles. The number of aromatic nitrogens is 2. The summed E-state index contributed by atoms with van der Waals surface area (Å²) in [6, 6.07) is 13.7. The highest BCUT2D eigenvalue weighted by atomic mass is 79.9. The van der Waals surface area contributed by atoms with E-state index in [2.05, 4.69) is 30.0 Å². The molecule has 118 valence electrons. The van der Waals surface area contributed by atoms with E-state index in [1.165, 1.54) is 0 Å². The molecule has 1 amide bonds. The zero-order chi connectivity index (χ0) is 16.2. The Balaban J connectivity index is 1.60. The highest BCUT2D eigenvalue weighted by Gasteiger charge is 2.11. The van der Waals surface area contributed by atoms with Gasteiger partial charge in [0.1, 0.15) is 11.0 Å². The first kappa shape index (κ1) is 16.0. The van der Waals surface area contributed by atoms with Crippen LogP contribution in [0.15, 0.2) is 46.9 Å². The molecule has 0 radical (unpaired) electrons. The Morgan fingerprint density at radius 2 is 2.00 bits per heavy atom. The van der Waals surface area contributed by atoms with Crippen LogP contribution in [0.2, 0.25) is 0 Å². The van der Waals surface area contributed by atoms with Gasteiger partial charge in [0.25, 0.3) is 0 Å². The molecule has 7 heteroatoms. The molecule has 2 aromatic carbocycles. The smallest absolute Gasteiger partial charge is 0.238 e. The van der Waals surface area contributed by atoms with Crippen LogP contribution in [0.5, 0.6) is 0 Å². The van der Waals surface area contributed by atoms with Crippen LogP contribution < -0.4 is 5.32 Å². The predicted molar refractivity (Wildman–Crippen MR) is 96.5 cm³/mol. The summed E-state index contributed by atoms with van der Waals surface area (Å²) in [7, 11) is 1.92. The molecule has 23 heavy (non-hydrogen) atoms. The van der Waals surface area contributed by atoms with Gasteiger partial charge in [0, 0.05) is 11.0 Å². The molecule has 0 saturated heterocycles. The predicted octanol–water partition coefficient (Wildman–Crippen LogP) is 3.52. The number of anilines is 1. The number of nitrogens with zero attached hydrogens (tertiary/aromatic N) is 3. The van der Waals surface area contributed by atoms with E-state index in [4.69, 9.17) is 0 Å².